The van der Waals surface area contributed by atoms with Crippen molar-refractivity contribution >= 4 is 33.5 Å². The van der Waals surface area contributed by atoms with Crippen molar-refractivity contribution in [3.8, 4) is 5.69 Å². The molecule has 0 radical (unpaired) electrons. The summed E-state index contributed by atoms with van der Waals surface area (Å²) in [6, 6.07) is 15.4. The third kappa shape index (κ3) is 4.15. The zero-order chi connectivity index (χ0) is 18.7. The van der Waals surface area contributed by atoms with E-state index in [4.69, 9.17) is 11.6 Å². The average molecular weight is 388 g/mol. The number of anilines is 1. The Balaban J connectivity index is 2.04. The van der Waals surface area contributed by atoms with Crippen molar-refractivity contribution in [3.05, 3.63) is 77.0 Å². The number of hydrogen-bond donors (Lipinski definition) is 1. The van der Waals surface area contributed by atoms with E-state index in [1.165, 1.54) is 12.1 Å². The molecule has 1 heterocycles. The van der Waals surface area contributed by atoms with Gasteiger partial charge >= 0.3 is 0 Å². The molecule has 0 saturated heterocycles. The van der Waals surface area contributed by atoms with Crippen LogP contribution >= 0.6 is 11.6 Å². The minimum atomic E-state index is -3.73. The Bertz CT molecular complexity index is 1050. The summed E-state index contributed by atoms with van der Waals surface area (Å²) >= 11 is 6.05. The molecule has 0 unspecified atom stereocenters. The standard InChI is InChI=1S/C19H18ClN3O2S/c1-14(2)11-15-13-23(17-8-6-7-16(20)12-17)21-19(15)22-26(24,25)18-9-4-3-5-10-18/h3-13H,1-2H3,(H,21,22). The van der Waals surface area contributed by atoms with Gasteiger partial charge in [-0.25, -0.2) is 13.1 Å². The summed E-state index contributed by atoms with van der Waals surface area (Å²) in [5, 5.41) is 4.99. The molecule has 134 valence electrons. The Morgan fingerprint density at radius 3 is 2.50 bits per heavy atom. The molecule has 0 spiro atoms. The van der Waals surface area contributed by atoms with Crippen LogP contribution in [-0.2, 0) is 10.0 Å². The Labute approximate surface area is 158 Å². The van der Waals surface area contributed by atoms with Gasteiger partial charge in [-0.1, -0.05) is 47.5 Å². The summed E-state index contributed by atoms with van der Waals surface area (Å²) in [5.41, 5.74) is 2.44. The summed E-state index contributed by atoms with van der Waals surface area (Å²) in [6.07, 6.45) is 3.64. The second-order valence-electron chi connectivity index (χ2n) is 6.00. The van der Waals surface area contributed by atoms with E-state index >= 15 is 0 Å². The number of nitrogens with one attached hydrogen (secondary N) is 1. The van der Waals surface area contributed by atoms with Crippen LogP contribution in [-0.4, -0.2) is 18.2 Å². The monoisotopic (exact) mass is 387 g/mol. The van der Waals surface area contributed by atoms with E-state index in [0.717, 1.165) is 11.3 Å². The molecule has 2 aromatic carbocycles. The molecule has 0 saturated carbocycles. The molecule has 0 aliphatic carbocycles. The highest BCUT2D eigenvalue weighted by Gasteiger charge is 2.18. The van der Waals surface area contributed by atoms with Crippen LogP contribution in [0.1, 0.15) is 19.4 Å². The molecule has 0 atom stereocenters. The van der Waals surface area contributed by atoms with E-state index in [1.807, 2.05) is 32.1 Å². The van der Waals surface area contributed by atoms with Gasteiger partial charge in [-0.2, -0.15) is 0 Å². The number of nitrogens with zero attached hydrogens (tertiary/aromatic N) is 2. The van der Waals surface area contributed by atoms with Gasteiger partial charge in [0, 0.05) is 16.8 Å². The van der Waals surface area contributed by atoms with Gasteiger partial charge in [-0.05, 0) is 44.2 Å². The van der Waals surface area contributed by atoms with E-state index in [1.54, 1.807) is 41.2 Å². The first-order valence-corrected chi connectivity index (χ1v) is 9.80. The summed E-state index contributed by atoms with van der Waals surface area (Å²) < 4.78 is 29.5. The summed E-state index contributed by atoms with van der Waals surface area (Å²) in [7, 11) is -3.73. The fourth-order valence-corrected chi connectivity index (χ4v) is 3.65. The molecule has 3 rings (SSSR count). The molecular formula is C19H18ClN3O2S. The highest BCUT2D eigenvalue weighted by Crippen LogP contribution is 2.24. The lowest BCUT2D eigenvalue weighted by molar-refractivity contribution is 0.601. The Hall–Kier alpha value is -2.57. The van der Waals surface area contributed by atoms with Crippen LogP contribution in [0.25, 0.3) is 11.8 Å². The van der Waals surface area contributed by atoms with Gasteiger partial charge in [-0.15, -0.1) is 5.10 Å². The normalized spacial score (nSPS) is 11.2. The van der Waals surface area contributed by atoms with Crippen molar-refractivity contribution in [2.45, 2.75) is 18.7 Å². The van der Waals surface area contributed by atoms with Gasteiger partial charge in [0.25, 0.3) is 10.0 Å². The molecule has 0 aliphatic rings. The number of benzene rings is 2. The minimum Gasteiger partial charge on any atom is -0.261 e. The fraction of sp³-hybridized carbons (Fsp3) is 0.105. The molecule has 1 N–H and O–H groups in total. The maximum Gasteiger partial charge on any atom is 0.263 e. The van der Waals surface area contributed by atoms with Crippen molar-refractivity contribution in [1.29, 1.82) is 0 Å². The Morgan fingerprint density at radius 1 is 1.12 bits per heavy atom. The minimum absolute atomic E-state index is 0.181. The maximum atomic E-state index is 12.6. The van der Waals surface area contributed by atoms with Gasteiger partial charge in [0.15, 0.2) is 5.82 Å². The zero-order valence-electron chi connectivity index (χ0n) is 14.3. The van der Waals surface area contributed by atoms with Crippen LogP contribution in [0, 0.1) is 0 Å². The SMILES string of the molecule is CC(C)=Cc1cn(-c2cccc(Cl)c2)nc1NS(=O)(=O)c1ccccc1. The molecule has 0 fully saturated rings. The largest absolute Gasteiger partial charge is 0.263 e. The van der Waals surface area contributed by atoms with Gasteiger partial charge < -0.3 is 0 Å². The highest BCUT2D eigenvalue weighted by atomic mass is 35.5. The number of aromatic nitrogens is 2. The van der Waals surface area contributed by atoms with Gasteiger partial charge in [0.2, 0.25) is 0 Å². The van der Waals surface area contributed by atoms with E-state index in [-0.39, 0.29) is 10.7 Å². The van der Waals surface area contributed by atoms with E-state index < -0.39 is 10.0 Å². The smallest absolute Gasteiger partial charge is 0.261 e. The summed E-state index contributed by atoms with van der Waals surface area (Å²) in [4.78, 5) is 0.181. The highest BCUT2D eigenvalue weighted by molar-refractivity contribution is 7.92. The number of halogens is 1. The molecule has 0 bridgehead atoms. The van der Waals surface area contributed by atoms with Crippen LogP contribution in [0.4, 0.5) is 5.82 Å². The number of allylic oxidation sites excluding steroid dienone is 1. The van der Waals surface area contributed by atoms with Crippen LogP contribution < -0.4 is 4.72 Å². The lowest BCUT2D eigenvalue weighted by Gasteiger charge is -2.06. The second kappa shape index (κ2) is 7.35. The quantitative estimate of drug-likeness (QED) is 0.687. The van der Waals surface area contributed by atoms with Crippen molar-refractivity contribution < 1.29 is 8.42 Å². The van der Waals surface area contributed by atoms with Crippen LogP contribution in [0.15, 0.2) is 71.3 Å². The molecule has 1 aromatic heterocycles. The molecule has 0 aliphatic heterocycles. The van der Waals surface area contributed by atoms with E-state index in [2.05, 4.69) is 9.82 Å². The van der Waals surface area contributed by atoms with Crippen LogP contribution in [0.3, 0.4) is 0 Å². The summed E-state index contributed by atoms with van der Waals surface area (Å²) in [5.74, 6) is 0.259. The predicted octanol–water partition coefficient (Wildman–Crippen LogP) is 4.75. The first-order valence-electron chi connectivity index (χ1n) is 7.93. The lowest BCUT2D eigenvalue weighted by atomic mass is 10.2. The molecule has 7 heteroatoms. The summed E-state index contributed by atoms with van der Waals surface area (Å²) in [6.45, 7) is 3.87. The van der Waals surface area contributed by atoms with Gasteiger partial charge in [0.05, 0.1) is 10.6 Å². The van der Waals surface area contributed by atoms with E-state index in [0.29, 0.717) is 10.6 Å². The number of hydrogen-bond acceptors (Lipinski definition) is 3. The topological polar surface area (TPSA) is 64.0 Å². The van der Waals surface area contributed by atoms with E-state index in [9.17, 15) is 8.42 Å². The van der Waals surface area contributed by atoms with Crippen molar-refractivity contribution in [2.75, 3.05) is 4.72 Å². The van der Waals surface area contributed by atoms with Crippen molar-refractivity contribution in [2.24, 2.45) is 0 Å². The van der Waals surface area contributed by atoms with Crippen LogP contribution in [0.5, 0.6) is 0 Å². The Kier molecular flexibility index (Phi) is 5.15. The molecule has 3 aromatic rings. The predicted molar refractivity (Wildman–Crippen MR) is 105 cm³/mol. The van der Waals surface area contributed by atoms with Crippen molar-refractivity contribution in [1.82, 2.24) is 9.78 Å². The van der Waals surface area contributed by atoms with Crippen molar-refractivity contribution in [3.63, 3.8) is 0 Å². The average Bonchev–Trinajstić information content (AvgIpc) is 2.97. The first-order chi connectivity index (χ1) is 12.3. The molecule has 26 heavy (non-hydrogen) atoms. The molecular weight excluding hydrogens is 370 g/mol. The third-order valence-corrected chi connectivity index (χ3v) is 5.13. The fourth-order valence-electron chi connectivity index (χ4n) is 2.42. The van der Waals surface area contributed by atoms with Gasteiger partial charge in [-0.3, -0.25) is 4.72 Å². The Morgan fingerprint density at radius 2 is 1.85 bits per heavy atom. The van der Waals surface area contributed by atoms with Gasteiger partial charge in [0.1, 0.15) is 0 Å². The molecule has 0 amide bonds. The number of rotatable bonds is 5. The first kappa shape index (κ1) is 18.2. The maximum absolute atomic E-state index is 12.6. The molecule has 5 nitrogen and oxygen atoms in total. The lowest BCUT2D eigenvalue weighted by Crippen LogP contribution is -2.14. The number of sulfonamides is 1. The zero-order valence-corrected chi connectivity index (χ0v) is 15.9. The second-order valence-corrected chi connectivity index (χ2v) is 8.12. The van der Waals surface area contributed by atoms with Crippen LogP contribution in [0.2, 0.25) is 5.02 Å². The third-order valence-electron chi connectivity index (χ3n) is 3.54.